The number of hydrogen-bond acceptors (Lipinski definition) is 4. The fourth-order valence-electron chi connectivity index (χ4n) is 1.83. The molecule has 1 saturated carbocycles. The van der Waals surface area contributed by atoms with Crippen LogP contribution in [0.4, 0.5) is 11.5 Å². The first-order chi connectivity index (χ1) is 7.88. The van der Waals surface area contributed by atoms with E-state index in [0.29, 0.717) is 17.2 Å². The van der Waals surface area contributed by atoms with Gasteiger partial charge in [0, 0.05) is 6.54 Å². The normalized spacial score (nSPS) is 21.0. The van der Waals surface area contributed by atoms with Crippen LogP contribution in [0.2, 0.25) is 5.15 Å². The van der Waals surface area contributed by atoms with Crippen LogP contribution in [0, 0.1) is 21.4 Å². The molecule has 1 N–H and O–H groups in total. The van der Waals surface area contributed by atoms with E-state index >= 15 is 0 Å². The number of anilines is 1. The quantitative estimate of drug-likeness (QED) is 0.510. The van der Waals surface area contributed by atoms with Crippen molar-refractivity contribution in [2.24, 2.45) is 11.3 Å². The lowest BCUT2D eigenvalue weighted by atomic mass is 10.1. The van der Waals surface area contributed by atoms with E-state index in [1.54, 1.807) is 0 Å². The van der Waals surface area contributed by atoms with Gasteiger partial charge in [-0.1, -0.05) is 25.4 Å². The van der Waals surface area contributed by atoms with Crippen LogP contribution in [0.15, 0.2) is 12.1 Å². The summed E-state index contributed by atoms with van der Waals surface area (Å²) >= 11 is 5.73. The first-order valence-electron chi connectivity index (χ1n) is 5.44. The summed E-state index contributed by atoms with van der Waals surface area (Å²) in [7, 11) is 0. The minimum atomic E-state index is -0.472. The van der Waals surface area contributed by atoms with Crippen molar-refractivity contribution in [2.45, 2.75) is 20.3 Å². The highest BCUT2D eigenvalue weighted by Gasteiger charge is 2.45. The number of nitrogens with one attached hydrogen (secondary N) is 1. The van der Waals surface area contributed by atoms with Gasteiger partial charge in [-0.15, -0.1) is 0 Å². The van der Waals surface area contributed by atoms with Gasteiger partial charge in [0.1, 0.15) is 11.0 Å². The van der Waals surface area contributed by atoms with Crippen LogP contribution in [-0.4, -0.2) is 16.5 Å². The monoisotopic (exact) mass is 255 g/mol. The van der Waals surface area contributed by atoms with Crippen LogP contribution in [-0.2, 0) is 0 Å². The average molecular weight is 256 g/mol. The summed E-state index contributed by atoms with van der Waals surface area (Å²) in [5.74, 6) is 1.06. The van der Waals surface area contributed by atoms with E-state index in [9.17, 15) is 10.1 Å². The molecule has 0 amide bonds. The van der Waals surface area contributed by atoms with Gasteiger partial charge in [-0.05, 0) is 17.8 Å². The van der Waals surface area contributed by atoms with Gasteiger partial charge in [0.25, 0.3) is 5.69 Å². The zero-order chi connectivity index (χ0) is 12.6. The van der Waals surface area contributed by atoms with Gasteiger partial charge < -0.3 is 5.32 Å². The number of aromatic nitrogens is 1. The summed E-state index contributed by atoms with van der Waals surface area (Å²) < 4.78 is 0. The third kappa shape index (κ3) is 2.85. The fourth-order valence-corrected chi connectivity index (χ4v) is 2.03. The predicted molar refractivity (Wildman–Crippen MR) is 66.3 cm³/mol. The van der Waals surface area contributed by atoms with Crippen LogP contribution < -0.4 is 5.32 Å². The summed E-state index contributed by atoms with van der Waals surface area (Å²) in [5.41, 5.74) is 0.333. The Kier molecular flexibility index (Phi) is 2.95. The number of nitrogens with zero attached hydrogens (tertiary/aromatic N) is 2. The second-order valence-corrected chi connectivity index (χ2v) is 5.45. The molecule has 0 saturated heterocycles. The van der Waals surface area contributed by atoms with E-state index in [1.807, 2.05) is 0 Å². The maximum absolute atomic E-state index is 10.7. The molecule has 5 nitrogen and oxygen atoms in total. The molecule has 0 spiro atoms. The van der Waals surface area contributed by atoms with E-state index in [4.69, 9.17) is 11.6 Å². The molecule has 1 unspecified atom stereocenters. The van der Waals surface area contributed by atoms with Crippen LogP contribution in [0.1, 0.15) is 20.3 Å². The highest BCUT2D eigenvalue weighted by molar-refractivity contribution is 6.29. The van der Waals surface area contributed by atoms with Crippen molar-refractivity contribution < 1.29 is 4.92 Å². The Morgan fingerprint density at radius 2 is 2.29 bits per heavy atom. The van der Waals surface area contributed by atoms with E-state index in [2.05, 4.69) is 24.1 Å². The largest absolute Gasteiger partial charge is 0.370 e. The van der Waals surface area contributed by atoms with Gasteiger partial charge in [-0.3, -0.25) is 10.1 Å². The maximum Gasteiger partial charge on any atom is 0.276 e. The number of pyridine rings is 1. The molecule has 1 atom stereocenters. The van der Waals surface area contributed by atoms with Crippen molar-refractivity contribution >= 4 is 23.1 Å². The Bertz CT molecular complexity index is 462. The Hall–Kier alpha value is -1.36. The van der Waals surface area contributed by atoms with Crippen molar-refractivity contribution in [3.8, 4) is 0 Å². The highest BCUT2D eigenvalue weighted by atomic mass is 35.5. The number of hydrogen-bond donors (Lipinski definition) is 1. The van der Waals surface area contributed by atoms with E-state index in [-0.39, 0.29) is 10.8 Å². The van der Waals surface area contributed by atoms with Gasteiger partial charge in [-0.25, -0.2) is 4.98 Å². The lowest BCUT2D eigenvalue weighted by Gasteiger charge is -2.07. The number of halogens is 1. The van der Waals surface area contributed by atoms with E-state index < -0.39 is 4.92 Å². The molecule has 0 aliphatic heterocycles. The molecule has 1 fully saturated rings. The van der Waals surface area contributed by atoms with Gasteiger partial charge in [0.15, 0.2) is 0 Å². The Morgan fingerprint density at radius 1 is 1.65 bits per heavy atom. The molecule has 1 aromatic rings. The van der Waals surface area contributed by atoms with Crippen molar-refractivity contribution in [1.82, 2.24) is 4.98 Å². The summed E-state index contributed by atoms with van der Waals surface area (Å²) in [5, 5.41) is 13.9. The van der Waals surface area contributed by atoms with Crippen molar-refractivity contribution in [2.75, 3.05) is 11.9 Å². The minimum Gasteiger partial charge on any atom is -0.370 e. The number of rotatable bonds is 4. The molecule has 1 aliphatic carbocycles. The summed E-state index contributed by atoms with van der Waals surface area (Å²) in [4.78, 5) is 14.2. The highest BCUT2D eigenvalue weighted by Crippen LogP contribution is 2.51. The molecule has 92 valence electrons. The predicted octanol–water partition coefficient (Wildman–Crippen LogP) is 3.10. The van der Waals surface area contributed by atoms with Crippen molar-refractivity contribution in [1.29, 1.82) is 0 Å². The molecular formula is C11H14ClN3O2. The van der Waals surface area contributed by atoms with Crippen LogP contribution in [0.25, 0.3) is 0 Å². The average Bonchev–Trinajstić information content (AvgIpc) is 2.83. The molecule has 2 rings (SSSR count). The second kappa shape index (κ2) is 4.14. The van der Waals surface area contributed by atoms with E-state index in [0.717, 1.165) is 6.54 Å². The zero-order valence-electron chi connectivity index (χ0n) is 9.74. The van der Waals surface area contributed by atoms with Crippen LogP contribution >= 0.6 is 11.6 Å². The Labute approximate surface area is 104 Å². The molecule has 0 bridgehead atoms. The smallest absolute Gasteiger partial charge is 0.276 e. The summed E-state index contributed by atoms with van der Waals surface area (Å²) in [6, 6.07) is 2.65. The molecule has 6 heteroatoms. The molecule has 0 radical (unpaired) electrons. The molecule has 1 aromatic heterocycles. The second-order valence-electron chi connectivity index (χ2n) is 5.06. The Morgan fingerprint density at radius 3 is 2.82 bits per heavy atom. The van der Waals surface area contributed by atoms with Crippen molar-refractivity contribution in [3.05, 3.63) is 27.4 Å². The van der Waals surface area contributed by atoms with Gasteiger partial charge in [0.2, 0.25) is 0 Å². The lowest BCUT2D eigenvalue weighted by Crippen LogP contribution is -2.08. The van der Waals surface area contributed by atoms with Crippen LogP contribution in [0.3, 0.4) is 0 Å². The molecule has 1 heterocycles. The Balaban J connectivity index is 2.03. The van der Waals surface area contributed by atoms with Crippen LogP contribution in [0.5, 0.6) is 0 Å². The maximum atomic E-state index is 10.7. The lowest BCUT2D eigenvalue weighted by molar-refractivity contribution is -0.384. The molecule has 17 heavy (non-hydrogen) atoms. The van der Waals surface area contributed by atoms with Gasteiger partial charge >= 0.3 is 0 Å². The van der Waals surface area contributed by atoms with Crippen molar-refractivity contribution in [3.63, 3.8) is 0 Å². The fraction of sp³-hybridized carbons (Fsp3) is 0.545. The summed E-state index contributed by atoms with van der Waals surface area (Å²) in [6.07, 6.45) is 1.17. The minimum absolute atomic E-state index is 0.0393. The van der Waals surface area contributed by atoms with E-state index in [1.165, 1.54) is 18.6 Å². The molecular weight excluding hydrogens is 242 g/mol. The van der Waals surface area contributed by atoms with Gasteiger partial charge in [0.05, 0.1) is 17.1 Å². The topological polar surface area (TPSA) is 68.1 Å². The third-order valence-corrected chi connectivity index (χ3v) is 3.43. The first-order valence-corrected chi connectivity index (χ1v) is 5.82. The SMILES string of the molecule is CC1(C)CC1CNc1cc([N+](=O)[O-])cc(Cl)n1. The zero-order valence-corrected chi connectivity index (χ0v) is 10.5. The first kappa shape index (κ1) is 12.1. The molecule has 1 aliphatic rings. The number of nitro groups is 1. The standard InChI is InChI=1S/C11H14ClN3O2/c1-11(2)5-7(11)6-13-10-4-8(15(16)17)3-9(12)14-10/h3-4,7H,5-6H2,1-2H3,(H,13,14). The third-order valence-electron chi connectivity index (χ3n) is 3.24. The summed E-state index contributed by atoms with van der Waals surface area (Å²) in [6.45, 7) is 5.18. The van der Waals surface area contributed by atoms with Gasteiger partial charge in [-0.2, -0.15) is 0 Å². The molecule has 0 aromatic carbocycles.